The van der Waals surface area contributed by atoms with E-state index < -0.39 is 0 Å². The van der Waals surface area contributed by atoms with E-state index in [0.29, 0.717) is 6.04 Å². The van der Waals surface area contributed by atoms with Gasteiger partial charge >= 0.3 is 0 Å². The summed E-state index contributed by atoms with van der Waals surface area (Å²) in [4.78, 5) is 4.24. The molecule has 0 unspecified atom stereocenters. The Labute approximate surface area is 117 Å². The van der Waals surface area contributed by atoms with E-state index in [-0.39, 0.29) is 0 Å². The van der Waals surface area contributed by atoms with Crippen molar-refractivity contribution >= 4 is 21.9 Å². The number of nitrogens with zero attached hydrogens (tertiary/aromatic N) is 1. The predicted octanol–water partition coefficient (Wildman–Crippen LogP) is 2.83. The van der Waals surface area contributed by atoms with Gasteiger partial charge in [-0.3, -0.25) is 4.99 Å². The molecular weight excluding hydrogens is 290 g/mol. The quantitative estimate of drug-likeness (QED) is 0.512. The predicted molar refractivity (Wildman–Crippen MR) is 79.6 cm³/mol. The van der Waals surface area contributed by atoms with Gasteiger partial charge in [0.05, 0.1) is 0 Å². The molecule has 1 aromatic rings. The smallest absolute Gasteiger partial charge is 0.191 e. The van der Waals surface area contributed by atoms with Gasteiger partial charge in [0.25, 0.3) is 0 Å². The van der Waals surface area contributed by atoms with Gasteiger partial charge < -0.3 is 10.6 Å². The molecule has 0 heterocycles. The second-order valence-corrected chi connectivity index (χ2v) is 5.26. The molecule has 1 aliphatic carbocycles. The summed E-state index contributed by atoms with van der Waals surface area (Å²) in [5, 5.41) is 6.75. The third-order valence-corrected chi connectivity index (χ3v) is 3.41. The van der Waals surface area contributed by atoms with E-state index in [4.69, 9.17) is 0 Å². The summed E-state index contributed by atoms with van der Waals surface area (Å²) < 4.78 is 1.10. The van der Waals surface area contributed by atoms with E-state index in [0.717, 1.165) is 29.8 Å². The molecule has 1 aromatic carbocycles. The van der Waals surface area contributed by atoms with Crippen LogP contribution in [0.2, 0.25) is 0 Å². The summed E-state index contributed by atoms with van der Waals surface area (Å²) >= 11 is 3.48. The van der Waals surface area contributed by atoms with Crippen LogP contribution in [0.1, 0.15) is 18.4 Å². The zero-order valence-electron chi connectivity index (χ0n) is 10.5. The minimum Gasteiger partial charge on any atom is -0.353 e. The Hall–Kier alpha value is -1.29. The van der Waals surface area contributed by atoms with Crippen molar-refractivity contribution in [2.24, 2.45) is 4.99 Å². The van der Waals surface area contributed by atoms with Crippen molar-refractivity contribution in [1.82, 2.24) is 10.6 Å². The standard InChI is InChI=1S/C14H18BrN3/c1-16-14(18-13-7-2-3-8-13)17-10-11-5-4-6-12(15)9-11/h2-6,9,13H,7-8,10H2,1H3,(H2,16,17,18). The zero-order valence-corrected chi connectivity index (χ0v) is 12.1. The van der Waals surface area contributed by atoms with Crippen LogP contribution in [0.3, 0.4) is 0 Å². The van der Waals surface area contributed by atoms with Gasteiger partial charge in [0.1, 0.15) is 0 Å². The first-order chi connectivity index (χ1) is 8.78. The van der Waals surface area contributed by atoms with Crippen molar-refractivity contribution in [3.8, 4) is 0 Å². The van der Waals surface area contributed by atoms with Crippen molar-refractivity contribution in [2.75, 3.05) is 7.05 Å². The van der Waals surface area contributed by atoms with Crippen LogP contribution >= 0.6 is 15.9 Å². The molecule has 0 saturated heterocycles. The summed E-state index contributed by atoms with van der Waals surface area (Å²) in [5.74, 6) is 0.865. The van der Waals surface area contributed by atoms with Crippen LogP contribution in [0.15, 0.2) is 45.9 Å². The molecule has 0 atom stereocenters. The maximum Gasteiger partial charge on any atom is 0.191 e. The highest BCUT2D eigenvalue weighted by atomic mass is 79.9. The molecule has 0 radical (unpaired) electrons. The fourth-order valence-electron chi connectivity index (χ4n) is 1.96. The molecule has 18 heavy (non-hydrogen) atoms. The second kappa shape index (κ2) is 6.59. The lowest BCUT2D eigenvalue weighted by Crippen LogP contribution is -2.42. The van der Waals surface area contributed by atoms with E-state index >= 15 is 0 Å². The second-order valence-electron chi connectivity index (χ2n) is 4.34. The fraction of sp³-hybridized carbons (Fsp3) is 0.357. The minimum atomic E-state index is 0.485. The highest BCUT2D eigenvalue weighted by Crippen LogP contribution is 2.11. The number of aliphatic imine (C=N–C) groups is 1. The average Bonchev–Trinajstić information content (AvgIpc) is 2.87. The van der Waals surface area contributed by atoms with E-state index in [9.17, 15) is 0 Å². The van der Waals surface area contributed by atoms with Crippen molar-refractivity contribution in [3.05, 3.63) is 46.5 Å². The molecule has 0 amide bonds. The molecule has 96 valence electrons. The molecule has 0 aliphatic heterocycles. The van der Waals surface area contributed by atoms with Crippen LogP contribution in [0, 0.1) is 0 Å². The minimum absolute atomic E-state index is 0.485. The number of hydrogen-bond donors (Lipinski definition) is 2. The fourth-order valence-corrected chi connectivity index (χ4v) is 2.40. The Morgan fingerprint density at radius 3 is 2.83 bits per heavy atom. The van der Waals surface area contributed by atoms with E-state index in [1.54, 1.807) is 7.05 Å². The van der Waals surface area contributed by atoms with Gasteiger partial charge in [0, 0.05) is 24.1 Å². The van der Waals surface area contributed by atoms with E-state index in [1.807, 2.05) is 12.1 Å². The molecule has 1 aliphatic rings. The third kappa shape index (κ3) is 3.88. The molecule has 0 bridgehead atoms. The van der Waals surface area contributed by atoms with Gasteiger partial charge in [-0.25, -0.2) is 0 Å². The summed E-state index contributed by atoms with van der Waals surface area (Å²) in [7, 11) is 1.80. The van der Waals surface area contributed by atoms with E-state index in [1.165, 1.54) is 5.56 Å². The van der Waals surface area contributed by atoms with Gasteiger partial charge in [0.15, 0.2) is 5.96 Å². The maximum absolute atomic E-state index is 4.24. The number of benzene rings is 1. The van der Waals surface area contributed by atoms with Crippen LogP contribution < -0.4 is 10.6 Å². The molecular formula is C14H18BrN3. The molecule has 3 nitrogen and oxygen atoms in total. The van der Waals surface area contributed by atoms with Gasteiger partial charge in [-0.05, 0) is 30.5 Å². The largest absolute Gasteiger partial charge is 0.353 e. The Kier molecular flexibility index (Phi) is 4.81. The lowest BCUT2D eigenvalue weighted by molar-refractivity contribution is 0.633. The van der Waals surface area contributed by atoms with Crippen molar-refractivity contribution < 1.29 is 0 Å². The number of rotatable bonds is 3. The SMILES string of the molecule is CN=C(NCc1cccc(Br)c1)NC1CC=CC1. The molecule has 0 aromatic heterocycles. The highest BCUT2D eigenvalue weighted by Gasteiger charge is 2.11. The molecule has 0 fully saturated rings. The van der Waals surface area contributed by atoms with Crippen molar-refractivity contribution in [2.45, 2.75) is 25.4 Å². The third-order valence-electron chi connectivity index (χ3n) is 2.92. The van der Waals surface area contributed by atoms with Crippen molar-refractivity contribution in [1.29, 1.82) is 0 Å². The van der Waals surface area contributed by atoms with E-state index in [2.05, 4.69) is 55.8 Å². The number of halogens is 1. The number of guanidine groups is 1. The monoisotopic (exact) mass is 307 g/mol. The van der Waals surface area contributed by atoms with Gasteiger partial charge in [-0.15, -0.1) is 0 Å². The molecule has 2 N–H and O–H groups in total. The zero-order chi connectivity index (χ0) is 12.8. The normalized spacial score (nSPS) is 16.0. The van der Waals surface area contributed by atoms with Gasteiger partial charge in [0.2, 0.25) is 0 Å². The Balaban J connectivity index is 1.83. The van der Waals surface area contributed by atoms with Crippen LogP contribution in [0.5, 0.6) is 0 Å². The molecule has 2 rings (SSSR count). The first-order valence-electron chi connectivity index (χ1n) is 6.14. The van der Waals surface area contributed by atoms with Crippen molar-refractivity contribution in [3.63, 3.8) is 0 Å². The number of hydrogen-bond acceptors (Lipinski definition) is 1. The summed E-state index contributed by atoms with van der Waals surface area (Å²) in [6.45, 7) is 0.777. The topological polar surface area (TPSA) is 36.4 Å². The average molecular weight is 308 g/mol. The Morgan fingerprint density at radius 2 is 2.17 bits per heavy atom. The van der Waals surface area contributed by atoms with Gasteiger partial charge in [-0.1, -0.05) is 40.2 Å². The lowest BCUT2D eigenvalue weighted by atomic mass is 10.2. The van der Waals surface area contributed by atoms with Crippen LogP contribution in [0.25, 0.3) is 0 Å². The van der Waals surface area contributed by atoms with Crippen LogP contribution in [0.4, 0.5) is 0 Å². The number of nitrogens with one attached hydrogen (secondary N) is 2. The van der Waals surface area contributed by atoms with Gasteiger partial charge in [-0.2, -0.15) is 0 Å². The van der Waals surface area contributed by atoms with Crippen LogP contribution in [-0.2, 0) is 6.54 Å². The van der Waals surface area contributed by atoms with Crippen LogP contribution in [-0.4, -0.2) is 19.0 Å². The first-order valence-corrected chi connectivity index (χ1v) is 6.94. The summed E-state index contributed by atoms with van der Waals surface area (Å²) in [6.07, 6.45) is 6.58. The molecule has 4 heteroatoms. The highest BCUT2D eigenvalue weighted by molar-refractivity contribution is 9.10. The Bertz CT molecular complexity index is 446. The maximum atomic E-state index is 4.24. The summed E-state index contributed by atoms with van der Waals surface area (Å²) in [5.41, 5.74) is 1.23. The molecule has 0 saturated carbocycles. The Morgan fingerprint density at radius 1 is 1.39 bits per heavy atom. The summed E-state index contributed by atoms with van der Waals surface area (Å²) in [6, 6.07) is 8.76. The molecule has 0 spiro atoms. The lowest BCUT2D eigenvalue weighted by Gasteiger charge is -2.17. The first kappa shape index (κ1) is 13.1.